The van der Waals surface area contributed by atoms with Gasteiger partial charge in [0, 0.05) is 6.61 Å². The van der Waals surface area contributed by atoms with Crippen LogP contribution in [0.2, 0.25) is 0 Å². The second kappa shape index (κ2) is 8.29. The molecule has 7 rings (SSSR count). The lowest BCUT2D eigenvalue weighted by atomic mass is 9.49. The normalized spacial score (nSPS) is 47.1. The molecule has 0 aromatic carbocycles. The molecule has 0 amide bonds. The number of fused-ring (bicyclic) bond motifs is 2. The van der Waals surface area contributed by atoms with Crippen molar-refractivity contribution < 1.29 is 40.9 Å². The zero-order valence-electron chi connectivity index (χ0n) is 26.9. The summed E-state index contributed by atoms with van der Waals surface area (Å²) in [6, 6.07) is 0. The van der Waals surface area contributed by atoms with Crippen molar-refractivity contribution in [1.29, 1.82) is 0 Å². The van der Waals surface area contributed by atoms with Crippen molar-refractivity contribution in [2.45, 2.75) is 112 Å². The first-order valence-corrected chi connectivity index (χ1v) is 16.5. The van der Waals surface area contributed by atoms with Crippen LogP contribution in [-0.4, -0.2) is 49.0 Å². The molecule has 9 heteroatoms. The first-order chi connectivity index (χ1) is 19.4. The Morgan fingerprint density at radius 3 is 1.91 bits per heavy atom. The molecule has 11 unspecified atom stereocenters. The molecular formula is C34H50F6O3. The van der Waals surface area contributed by atoms with Gasteiger partial charge in [-0.2, -0.15) is 26.3 Å². The maximum atomic E-state index is 13.8. The van der Waals surface area contributed by atoms with E-state index in [4.69, 9.17) is 9.47 Å². The van der Waals surface area contributed by atoms with Crippen LogP contribution in [0, 0.1) is 79.8 Å². The molecule has 3 nitrogen and oxygen atoms in total. The number of aliphatic hydroxyl groups is 1. The summed E-state index contributed by atoms with van der Waals surface area (Å²) in [5.41, 5.74) is -5.27. The SMILES string of the molecule is CC(C)(C1C2CC3(CC2COCC2CO2)C1C3(C)C)C(C)(C)C1C2CC(CC(O)(C(F)(F)F)C(F)(F)F)C3(C2)C1C3(C)C. The van der Waals surface area contributed by atoms with Crippen LogP contribution in [0.15, 0.2) is 0 Å². The largest absolute Gasteiger partial charge is 0.426 e. The molecular weight excluding hydrogens is 570 g/mol. The molecule has 4 bridgehead atoms. The van der Waals surface area contributed by atoms with E-state index in [1.54, 1.807) is 0 Å². The van der Waals surface area contributed by atoms with Crippen LogP contribution in [0.3, 0.4) is 0 Å². The van der Waals surface area contributed by atoms with Gasteiger partial charge in [0.1, 0.15) is 6.10 Å². The molecule has 0 aromatic heterocycles. The van der Waals surface area contributed by atoms with Crippen molar-refractivity contribution >= 4 is 0 Å². The molecule has 6 saturated carbocycles. The summed E-state index contributed by atoms with van der Waals surface area (Å²) in [7, 11) is 0. The minimum absolute atomic E-state index is 0.0566. The average molecular weight is 621 g/mol. The molecule has 1 aliphatic heterocycles. The number of ether oxygens (including phenoxy) is 2. The van der Waals surface area contributed by atoms with Gasteiger partial charge in [-0.05, 0) is 112 Å². The van der Waals surface area contributed by atoms with Crippen LogP contribution in [0.1, 0.15) is 87.5 Å². The van der Waals surface area contributed by atoms with Gasteiger partial charge in [0.15, 0.2) is 0 Å². The molecule has 6 aliphatic carbocycles. The average Bonchev–Trinajstić information content (AvgIpc) is 3.60. The van der Waals surface area contributed by atoms with E-state index in [2.05, 4.69) is 55.4 Å². The Kier molecular flexibility index (Phi) is 5.99. The maximum absolute atomic E-state index is 13.8. The van der Waals surface area contributed by atoms with Crippen molar-refractivity contribution in [3.8, 4) is 0 Å². The van der Waals surface area contributed by atoms with Crippen LogP contribution in [0.4, 0.5) is 26.3 Å². The number of alkyl halides is 6. The summed E-state index contributed by atoms with van der Waals surface area (Å²) in [6.45, 7) is 20.7. The van der Waals surface area contributed by atoms with Crippen molar-refractivity contribution in [3.63, 3.8) is 0 Å². The van der Waals surface area contributed by atoms with E-state index in [0.717, 1.165) is 13.2 Å². The van der Waals surface area contributed by atoms with Crippen LogP contribution in [0.5, 0.6) is 0 Å². The van der Waals surface area contributed by atoms with Crippen LogP contribution < -0.4 is 0 Å². The molecule has 43 heavy (non-hydrogen) atoms. The van der Waals surface area contributed by atoms with Gasteiger partial charge in [-0.3, -0.25) is 0 Å². The first-order valence-electron chi connectivity index (χ1n) is 16.5. The van der Waals surface area contributed by atoms with Crippen LogP contribution >= 0.6 is 0 Å². The Labute approximate surface area is 252 Å². The highest BCUT2D eigenvalue weighted by Gasteiger charge is 2.88. The van der Waals surface area contributed by atoms with Gasteiger partial charge in [-0.15, -0.1) is 0 Å². The Morgan fingerprint density at radius 2 is 1.37 bits per heavy atom. The molecule has 2 spiro atoms. The van der Waals surface area contributed by atoms with E-state index in [-0.39, 0.29) is 45.5 Å². The second-order valence-corrected chi connectivity index (χ2v) is 18.4. The van der Waals surface area contributed by atoms with Crippen molar-refractivity contribution in [2.75, 3.05) is 19.8 Å². The summed E-state index contributed by atoms with van der Waals surface area (Å²) in [4.78, 5) is 0. The van der Waals surface area contributed by atoms with Gasteiger partial charge < -0.3 is 14.6 Å². The fourth-order valence-electron chi connectivity index (χ4n) is 13.7. The van der Waals surface area contributed by atoms with E-state index < -0.39 is 35.7 Å². The lowest BCUT2D eigenvalue weighted by molar-refractivity contribution is -0.373. The minimum atomic E-state index is -5.76. The third-order valence-electron chi connectivity index (χ3n) is 16.3. The van der Waals surface area contributed by atoms with Crippen LogP contribution in [0.25, 0.3) is 0 Å². The zero-order chi connectivity index (χ0) is 31.8. The van der Waals surface area contributed by atoms with E-state index in [9.17, 15) is 31.4 Å². The highest BCUT2D eigenvalue weighted by molar-refractivity contribution is 5.35. The number of halogens is 6. The van der Waals surface area contributed by atoms with Crippen LogP contribution in [-0.2, 0) is 9.47 Å². The van der Waals surface area contributed by atoms with E-state index in [0.29, 0.717) is 48.5 Å². The Bertz CT molecular complexity index is 1170. The lowest BCUT2D eigenvalue weighted by Gasteiger charge is -2.56. The molecule has 11 atom stereocenters. The summed E-state index contributed by atoms with van der Waals surface area (Å²) < 4.78 is 94.1. The second-order valence-electron chi connectivity index (χ2n) is 18.4. The standard InChI is InChI=1S/C34H50F6O3/c1-26(2,27(3,4)23-21-13-30(24(23)28(30,5)6)10-18(21)14-42-15-20-16-43-20)22-17-9-19(31(11-17)25(22)29(31,7)8)12-32(41,33(35,36)37)34(38,39)40/h17-25,41H,9-16H2,1-8H3. The summed E-state index contributed by atoms with van der Waals surface area (Å²) in [6.07, 6.45) is -9.15. The molecule has 0 aromatic rings. The van der Waals surface area contributed by atoms with E-state index in [1.165, 1.54) is 12.8 Å². The third-order valence-corrected chi connectivity index (χ3v) is 16.3. The monoisotopic (exact) mass is 620 g/mol. The highest BCUT2D eigenvalue weighted by atomic mass is 19.4. The van der Waals surface area contributed by atoms with Gasteiger partial charge >= 0.3 is 12.4 Å². The van der Waals surface area contributed by atoms with E-state index >= 15 is 0 Å². The third kappa shape index (κ3) is 3.52. The molecule has 246 valence electrons. The number of hydrogen-bond acceptors (Lipinski definition) is 3. The summed E-state index contributed by atoms with van der Waals surface area (Å²) >= 11 is 0. The van der Waals surface area contributed by atoms with Gasteiger partial charge in [0.05, 0.1) is 13.2 Å². The van der Waals surface area contributed by atoms with Gasteiger partial charge in [-0.1, -0.05) is 55.4 Å². The topological polar surface area (TPSA) is 42.0 Å². The highest BCUT2D eigenvalue weighted by Crippen LogP contribution is 2.92. The predicted molar refractivity (Wildman–Crippen MR) is 149 cm³/mol. The number of rotatable bonds is 9. The number of epoxide rings is 1. The van der Waals surface area contributed by atoms with Gasteiger partial charge in [0.2, 0.25) is 0 Å². The van der Waals surface area contributed by atoms with Crippen molar-refractivity contribution in [1.82, 2.24) is 0 Å². The maximum Gasteiger partial charge on any atom is 0.426 e. The Balaban J connectivity index is 1.16. The smallest absolute Gasteiger partial charge is 0.378 e. The Morgan fingerprint density at radius 1 is 0.791 bits per heavy atom. The van der Waals surface area contributed by atoms with Crippen molar-refractivity contribution in [3.05, 3.63) is 0 Å². The molecule has 1 N–H and O–H groups in total. The molecule has 1 saturated heterocycles. The molecule has 7 fully saturated rings. The molecule has 7 aliphatic rings. The summed E-state index contributed by atoms with van der Waals surface area (Å²) in [5.74, 6) is 1.74. The Hall–Kier alpha value is -0.540. The van der Waals surface area contributed by atoms with E-state index in [1.807, 2.05) is 0 Å². The minimum Gasteiger partial charge on any atom is -0.378 e. The summed E-state index contributed by atoms with van der Waals surface area (Å²) in [5, 5.41) is 10.2. The van der Waals surface area contributed by atoms with Gasteiger partial charge in [0.25, 0.3) is 5.60 Å². The zero-order valence-corrected chi connectivity index (χ0v) is 26.9. The molecule has 1 heterocycles. The fraction of sp³-hybridized carbons (Fsp3) is 1.00. The first kappa shape index (κ1) is 31.1. The quantitative estimate of drug-likeness (QED) is 0.208. The lowest BCUT2D eigenvalue weighted by Crippen LogP contribution is -2.58. The fourth-order valence-corrected chi connectivity index (χ4v) is 13.7. The molecule has 0 radical (unpaired) electrons. The van der Waals surface area contributed by atoms with Crippen molar-refractivity contribution in [2.24, 2.45) is 79.8 Å². The predicted octanol–water partition coefficient (Wildman–Crippen LogP) is 8.30. The van der Waals surface area contributed by atoms with Gasteiger partial charge in [-0.25, -0.2) is 0 Å². The number of hydrogen-bond donors (Lipinski definition) is 1.